The lowest BCUT2D eigenvalue weighted by atomic mass is 10.3. The van der Waals surface area contributed by atoms with Crippen LogP contribution in [0.25, 0.3) is 0 Å². The molecule has 2 aromatic carbocycles. The summed E-state index contributed by atoms with van der Waals surface area (Å²) in [6, 6.07) is 17.2. The molecule has 4 rings (SSSR count). The van der Waals surface area contributed by atoms with E-state index < -0.39 is 0 Å². The zero-order valence-electron chi connectivity index (χ0n) is 18.7. The van der Waals surface area contributed by atoms with Crippen molar-refractivity contribution in [2.24, 2.45) is 7.05 Å². The van der Waals surface area contributed by atoms with Gasteiger partial charge in [-0.2, -0.15) is 5.10 Å². The number of thioether (sulfide) groups is 1. The zero-order valence-corrected chi connectivity index (χ0v) is 20.3. The predicted molar refractivity (Wildman–Crippen MR) is 133 cm³/mol. The lowest BCUT2D eigenvalue weighted by Gasteiger charge is -2.10. The molecule has 2 heterocycles. The highest BCUT2D eigenvalue weighted by molar-refractivity contribution is 8.02. The number of hydrogen-bond acceptors (Lipinski definition) is 8. The molecule has 0 fully saturated rings. The number of nitrogens with one attached hydrogen (secondary N) is 2. The molecule has 0 radical (unpaired) electrons. The van der Waals surface area contributed by atoms with Gasteiger partial charge in [0.2, 0.25) is 11.0 Å². The van der Waals surface area contributed by atoms with E-state index in [1.807, 2.05) is 82.4 Å². The molecular weight excluding hydrogens is 456 g/mol. The topological polar surface area (TPSA) is 94.0 Å². The van der Waals surface area contributed by atoms with E-state index in [9.17, 15) is 4.79 Å². The molecule has 10 heteroatoms. The van der Waals surface area contributed by atoms with Gasteiger partial charge in [0.05, 0.1) is 22.3 Å². The van der Waals surface area contributed by atoms with Crippen molar-refractivity contribution in [2.75, 3.05) is 10.6 Å². The van der Waals surface area contributed by atoms with Crippen molar-refractivity contribution < 1.29 is 9.53 Å². The minimum atomic E-state index is -0.334. The van der Waals surface area contributed by atoms with E-state index in [2.05, 4.69) is 25.9 Å². The van der Waals surface area contributed by atoms with E-state index >= 15 is 0 Å². The largest absolute Gasteiger partial charge is 0.457 e. The Labute approximate surface area is 200 Å². The average molecular weight is 481 g/mol. The van der Waals surface area contributed by atoms with E-state index in [4.69, 9.17) is 4.74 Å². The Morgan fingerprint density at radius 1 is 1.06 bits per heavy atom. The highest BCUT2D eigenvalue weighted by atomic mass is 32.2. The Balaban J connectivity index is 1.32. The van der Waals surface area contributed by atoms with Crippen molar-refractivity contribution in [1.29, 1.82) is 0 Å². The third-order valence-electron chi connectivity index (χ3n) is 4.89. The number of benzene rings is 2. The molecule has 170 valence electrons. The van der Waals surface area contributed by atoms with Crippen LogP contribution in [0.1, 0.15) is 18.3 Å². The monoisotopic (exact) mass is 480 g/mol. The van der Waals surface area contributed by atoms with Crippen molar-refractivity contribution in [3.63, 3.8) is 0 Å². The highest BCUT2D eigenvalue weighted by Gasteiger charge is 2.20. The number of hydrogen-bond donors (Lipinski definition) is 2. The van der Waals surface area contributed by atoms with Gasteiger partial charge in [-0.15, -0.1) is 10.2 Å². The number of carbonyl (C=O) groups excluding carboxylic acids is 1. The van der Waals surface area contributed by atoms with Crippen molar-refractivity contribution in [1.82, 2.24) is 20.0 Å². The van der Waals surface area contributed by atoms with Gasteiger partial charge in [-0.1, -0.05) is 41.3 Å². The van der Waals surface area contributed by atoms with Crippen LogP contribution in [0.2, 0.25) is 0 Å². The number of amides is 1. The third-order valence-corrected chi connectivity index (χ3v) is 6.92. The molecule has 0 spiro atoms. The number of nitrogens with zero attached hydrogens (tertiary/aromatic N) is 4. The Kier molecular flexibility index (Phi) is 6.95. The fraction of sp³-hybridized carbons (Fsp3) is 0.217. The second kappa shape index (κ2) is 10.1. The quantitative estimate of drug-likeness (QED) is 0.320. The van der Waals surface area contributed by atoms with Crippen LogP contribution in [-0.4, -0.2) is 31.1 Å². The summed E-state index contributed by atoms with van der Waals surface area (Å²) in [6.45, 7) is 5.65. The van der Waals surface area contributed by atoms with Crippen LogP contribution in [-0.2, 0) is 11.8 Å². The van der Waals surface area contributed by atoms with E-state index in [1.165, 1.54) is 23.1 Å². The van der Waals surface area contributed by atoms with Crippen LogP contribution in [0, 0.1) is 13.8 Å². The fourth-order valence-corrected chi connectivity index (χ4v) is 4.96. The minimum Gasteiger partial charge on any atom is -0.457 e. The SMILES string of the molecule is Cc1nn(C)c(C)c1NC(=O)[C@@H](C)Sc1nnc(Nc2ccc(Oc3ccccc3)cc2)s1. The molecular formula is C23H24N6O2S2. The number of aryl methyl sites for hydroxylation is 2. The van der Waals surface area contributed by atoms with Gasteiger partial charge in [-0.25, -0.2) is 0 Å². The number of carbonyl (C=O) groups is 1. The number of ether oxygens (including phenoxy) is 1. The molecule has 2 N–H and O–H groups in total. The molecule has 1 atom stereocenters. The van der Waals surface area contributed by atoms with Crippen molar-refractivity contribution in [3.8, 4) is 11.5 Å². The van der Waals surface area contributed by atoms with Crippen LogP contribution in [0.5, 0.6) is 11.5 Å². The van der Waals surface area contributed by atoms with Crippen LogP contribution < -0.4 is 15.4 Å². The number of anilines is 3. The zero-order chi connectivity index (χ0) is 23.4. The van der Waals surface area contributed by atoms with Crippen molar-refractivity contribution >= 4 is 45.5 Å². The number of para-hydroxylation sites is 1. The maximum atomic E-state index is 12.7. The molecule has 8 nitrogen and oxygen atoms in total. The van der Waals surface area contributed by atoms with Crippen molar-refractivity contribution in [2.45, 2.75) is 30.4 Å². The molecule has 0 aliphatic rings. The lowest BCUT2D eigenvalue weighted by Crippen LogP contribution is -2.23. The summed E-state index contributed by atoms with van der Waals surface area (Å²) in [6.07, 6.45) is 0. The molecule has 2 aromatic heterocycles. The maximum Gasteiger partial charge on any atom is 0.237 e. The van der Waals surface area contributed by atoms with E-state index in [0.29, 0.717) is 9.47 Å². The summed E-state index contributed by atoms with van der Waals surface area (Å²) in [5.74, 6) is 1.44. The van der Waals surface area contributed by atoms with Crippen LogP contribution in [0.3, 0.4) is 0 Å². The second-order valence-electron chi connectivity index (χ2n) is 7.36. The van der Waals surface area contributed by atoms with Crippen LogP contribution in [0.15, 0.2) is 58.9 Å². The molecule has 0 aliphatic heterocycles. The summed E-state index contributed by atoms with van der Waals surface area (Å²) in [4.78, 5) is 12.7. The van der Waals surface area contributed by atoms with E-state index in [-0.39, 0.29) is 11.2 Å². The summed E-state index contributed by atoms with van der Waals surface area (Å²) in [5.41, 5.74) is 3.34. The first-order valence-corrected chi connectivity index (χ1v) is 12.0. The molecule has 4 aromatic rings. The fourth-order valence-electron chi connectivity index (χ4n) is 3.05. The summed E-state index contributed by atoms with van der Waals surface area (Å²) in [7, 11) is 1.86. The summed E-state index contributed by atoms with van der Waals surface area (Å²) < 4.78 is 8.28. The van der Waals surface area contributed by atoms with E-state index in [1.54, 1.807) is 4.68 Å². The van der Waals surface area contributed by atoms with Crippen molar-refractivity contribution in [3.05, 3.63) is 66.0 Å². The predicted octanol–water partition coefficient (Wildman–Crippen LogP) is 5.54. The highest BCUT2D eigenvalue weighted by Crippen LogP contribution is 2.32. The molecule has 0 aliphatic carbocycles. The van der Waals surface area contributed by atoms with Gasteiger partial charge < -0.3 is 15.4 Å². The van der Waals surface area contributed by atoms with Gasteiger partial charge in [0.25, 0.3) is 0 Å². The molecule has 0 saturated carbocycles. The summed E-state index contributed by atoms with van der Waals surface area (Å²) in [5, 5.41) is 19.3. The first-order valence-electron chi connectivity index (χ1n) is 10.3. The number of aromatic nitrogens is 4. The molecule has 0 bridgehead atoms. The molecule has 1 amide bonds. The standard InChI is InChI=1S/C23H24N6O2S2/c1-14-20(15(2)29(4)28-14)25-21(30)16(3)32-23-27-26-22(33-23)24-17-10-12-19(13-11-17)31-18-8-6-5-7-9-18/h5-13,16H,1-4H3,(H,24,26)(H,25,30)/t16-/m1/s1. The van der Waals surface area contributed by atoms with Gasteiger partial charge >= 0.3 is 0 Å². The first kappa shape index (κ1) is 22.8. The van der Waals surface area contributed by atoms with E-state index in [0.717, 1.165) is 34.3 Å². The Bertz CT molecular complexity index is 1240. The molecule has 0 unspecified atom stereocenters. The lowest BCUT2D eigenvalue weighted by molar-refractivity contribution is -0.115. The van der Waals surface area contributed by atoms with Gasteiger partial charge in [0.1, 0.15) is 11.5 Å². The third kappa shape index (κ3) is 5.71. The molecule has 33 heavy (non-hydrogen) atoms. The first-order chi connectivity index (χ1) is 15.9. The van der Waals surface area contributed by atoms with Gasteiger partial charge in [0.15, 0.2) is 4.34 Å². The number of rotatable bonds is 8. The van der Waals surface area contributed by atoms with Gasteiger partial charge in [-0.3, -0.25) is 9.48 Å². The van der Waals surface area contributed by atoms with Crippen LogP contribution in [0.4, 0.5) is 16.5 Å². The average Bonchev–Trinajstić information content (AvgIpc) is 3.34. The second-order valence-corrected chi connectivity index (χ2v) is 9.92. The van der Waals surface area contributed by atoms with Gasteiger partial charge in [-0.05, 0) is 57.2 Å². The summed E-state index contributed by atoms with van der Waals surface area (Å²) >= 11 is 2.77. The van der Waals surface area contributed by atoms with Gasteiger partial charge in [0, 0.05) is 12.7 Å². The normalized spacial score (nSPS) is 11.8. The Morgan fingerprint density at radius 2 is 1.76 bits per heavy atom. The Morgan fingerprint density at radius 3 is 2.42 bits per heavy atom. The minimum absolute atomic E-state index is 0.0992. The molecule has 0 saturated heterocycles. The smallest absolute Gasteiger partial charge is 0.237 e. The van der Waals surface area contributed by atoms with Crippen LogP contribution >= 0.6 is 23.1 Å². The maximum absolute atomic E-state index is 12.7. The Hall–Kier alpha value is -3.37.